The molecular weight excluding hydrogens is 450 g/mol. The minimum absolute atomic E-state index is 0.121. The van der Waals surface area contributed by atoms with Gasteiger partial charge in [0.05, 0.1) is 13.1 Å². The average Bonchev–Trinajstić information content (AvgIpc) is 3.44. The van der Waals surface area contributed by atoms with Gasteiger partial charge in [-0.15, -0.1) is 5.10 Å². The fraction of sp³-hybridized carbons (Fsp3) is 0.542. The van der Waals surface area contributed by atoms with E-state index in [1.54, 1.807) is 31.6 Å². The van der Waals surface area contributed by atoms with E-state index in [9.17, 15) is 14.7 Å². The maximum absolute atomic E-state index is 12.7. The van der Waals surface area contributed by atoms with Gasteiger partial charge in [-0.25, -0.2) is 4.98 Å². The van der Waals surface area contributed by atoms with Crippen molar-refractivity contribution < 1.29 is 24.4 Å². The molecule has 35 heavy (non-hydrogen) atoms. The number of aliphatic hydroxyl groups is 1. The van der Waals surface area contributed by atoms with Crippen LogP contribution in [0.15, 0.2) is 45.4 Å². The van der Waals surface area contributed by atoms with Gasteiger partial charge in [-0.05, 0) is 52.2 Å². The number of aromatic nitrogens is 1. The molecule has 0 saturated heterocycles. The molecule has 1 aromatic heterocycles. The van der Waals surface area contributed by atoms with Crippen LogP contribution in [0.2, 0.25) is 0 Å². The molecule has 0 bridgehead atoms. The average molecular weight is 485 g/mol. The molecule has 188 valence electrons. The third-order valence-corrected chi connectivity index (χ3v) is 5.90. The maximum Gasteiger partial charge on any atom is 0.545 e. The first-order valence-electron chi connectivity index (χ1n) is 11.6. The number of aliphatic hydroxyl groups excluding tert-OH is 1. The molecular formula is C24H34N7O4+. The fourth-order valence-corrected chi connectivity index (χ4v) is 4.21. The molecule has 0 radical (unpaired) electrons. The molecule has 1 heterocycles. The Kier molecular flexibility index (Phi) is 7.98. The second kappa shape index (κ2) is 10.7. The van der Waals surface area contributed by atoms with Crippen LogP contribution >= 0.6 is 0 Å². The number of rotatable bonds is 6. The lowest BCUT2D eigenvalue weighted by atomic mass is 9.76. The third kappa shape index (κ3) is 7.43. The largest absolute Gasteiger partial charge is 0.545 e. The standard InChI is InChI=1S/C24H33N7O4/c1-15-6-7-19(26-14-15)30-21(33)20(32)28-17-8-10-24(12-16(24)9-11-27-31-25-5)13-18(17)29-22(34)35-23(2,3)4/h6-7,11-12,14,17-18H,8-10,13H2,1-5H3,(H,28,32)(H,29,34)(H,26,30,33)/p+1/b27-11-,31-25?/t17-,18+,24+/m0/s1. The number of pyridine rings is 1. The van der Waals surface area contributed by atoms with Crippen molar-refractivity contribution in [2.75, 3.05) is 12.4 Å². The highest BCUT2D eigenvalue weighted by atomic mass is 16.6. The molecule has 2 aliphatic rings. The van der Waals surface area contributed by atoms with E-state index in [0.29, 0.717) is 25.1 Å². The van der Waals surface area contributed by atoms with Crippen molar-refractivity contribution in [1.82, 2.24) is 10.3 Å². The summed E-state index contributed by atoms with van der Waals surface area (Å²) in [4.78, 5) is 32.2. The van der Waals surface area contributed by atoms with Crippen LogP contribution in [0.4, 0.5) is 5.82 Å². The van der Waals surface area contributed by atoms with Gasteiger partial charge in [-0.3, -0.25) is 9.59 Å². The van der Waals surface area contributed by atoms with Gasteiger partial charge >= 0.3 is 17.9 Å². The molecule has 0 aromatic carbocycles. The number of anilines is 1. The number of allylic oxidation sites excluding steroid dienone is 2. The van der Waals surface area contributed by atoms with Gasteiger partial charge in [0.1, 0.15) is 11.4 Å². The summed E-state index contributed by atoms with van der Waals surface area (Å²) in [5.74, 6) is -1.27. The first-order chi connectivity index (χ1) is 16.5. The minimum Gasteiger partial charge on any atom is -0.430 e. The van der Waals surface area contributed by atoms with Crippen molar-refractivity contribution in [3.63, 3.8) is 0 Å². The Morgan fingerprint density at radius 1 is 1.34 bits per heavy atom. The highest BCUT2D eigenvalue weighted by Crippen LogP contribution is 2.55. The van der Waals surface area contributed by atoms with Crippen LogP contribution in [0.1, 0.15) is 52.0 Å². The summed E-state index contributed by atoms with van der Waals surface area (Å²) in [5, 5.41) is 26.8. The Bertz CT molecular complexity index is 1060. The summed E-state index contributed by atoms with van der Waals surface area (Å²) in [7, 11) is 1.56. The SMILES string of the molecule is CN=N/N=C\CC1=C[C@@]12CC[C@H](NC(=O)C(=O)Nc1ccc(C)cn1)[C@H]([NH+]=C(O)OC(C)(C)C)C2. The van der Waals surface area contributed by atoms with E-state index in [1.165, 1.54) is 5.57 Å². The van der Waals surface area contributed by atoms with E-state index < -0.39 is 23.5 Å². The van der Waals surface area contributed by atoms with Crippen LogP contribution in [-0.4, -0.2) is 58.9 Å². The van der Waals surface area contributed by atoms with E-state index in [0.717, 1.165) is 12.0 Å². The van der Waals surface area contributed by atoms with Crippen molar-refractivity contribution in [1.29, 1.82) is 0 Å². The van der Waals surface area contributed by atoms with Gasteiger partial charge in [-0.2, -0.15) is 10.1 Å². The fourth-order valence-electron chi connectivity index (χ4n) is 4.21. The monoisotopic (exact) mass is 484 g/mol. The van der Waals surface area contributed by atoms with Crippen molar-refractivity contribution in [3.05, 3.63) is 35.5 Å². The summed E-state index contributed by atoms with van der Waals surface area (Å²) < 4.78 is 5.54. The Hall–Kier alpha value is -3.63. The lowest BCUT2D eigenvalue weighted by molar-refractivity contribution is -0.533. The molecule has 0 unspecified atom stereocenters. The highest BCUT2D eigenvalue weighted by Gasteiger charge is 2.52. The zero-order valence-electron chi connectivity index (χ0n) is 20.8. The second-order valence-electron chi connectivity index (χ2n) is 9.89. The molecule has 11 nitrogen and oxygen atoms in total. The van der Waals surface area contributed by atoms with E-state index in [1.807, 2.05) is 27.7 Å². The third-order valence-electron chi connectivity index (χ3n) is 5.90. The van der Waals surface area contributed by atoms with Gasteiger partial charge in [0.15, 0.2) is 6.04 Å². The quantitative estimate of drug-likeness (QED) is 0.121. The number of nitrogens with one attached hydrogen (secondary N) is 3. The Balaban J connectivity index is 1.68. The number of aryl methyl sites for hydroxylation is 1. The highest BCUT2D eigenvalue weighted by molar-refractivity contribution is 6.39. The number of carbonyl (C=O) groups excluding carboxylic acids is 2. The number of carbonyl (C=O) groups is 2. The van der Waals surface area contributed by atoms with Crippen LogP contribution in [0.5, 0.6) is 0 Å². The van der Waals surface area contributed by atoms with Gasteiger partial charge in [0, 0.05) is 30.7 Å². The Labute approximate surface area is 204 Å². The number of amides is 2. The smallest absolute Gasteiger partial charge is 0.430 e. The molecule has 4 N–H and O–H groups in total. The predicted octanol–water partition coefficient (Wildman–Crippen LogP) is 1.56. The topological polar surface area (TPSA) is 152 Å². The zero-order chi connectivity index (χ0) is 25.6. The summed E-state index contributed by atoms with van der Waals surface area (Å²) in [6.45, 7) is 7.35. The van der Waals surface area contributed by atoms with Crippen LogP contribution in [0.3, 0.4) is 0 Å². The molecule has 3 atom stereocenters. The number of ether oxygens (including phenoxy) is 1. The Morgan fingerprint density at radius 3 is 2.77 bits per heavy atom. The summed E-state index contributed by atoms with van der Waals surface area (Å²) in [5.41, 5.74) is 1.45. The van der Waals surface area contributed by atoms with Gasteiger partial charge in [0.2, 0.25) is 0 Å². The van der Waals surface area contributed by atoms with Crippen molar-refractivity contribution in [2.24, 2.45) is 20.9 Å². The lowest BCUT2D eigenvalue weighted by Gasteiger charge is -2.32. The number of hydrogen-bond acceptors (Lipinski definition) is 6. The molecule has 1 fully saturated rings. The maximum atomic E-state index is 12.7. The predicted molar refractivity (Wildman–Crippen MR) is 131 cm³/mol. The van der Waals surface area contributed by atoms with Crippen LogP contribution in [0, 0.1) is 12.3 Å². The molecule has 3 rings (SSSR count). The second-order valence-corrected chi connectivity index (χ2v) is 9.89. The van der Waals surface area contributed by atoms with E-state index in [2.05, 4.69) is 42.1 Å². The van der Waals surface area contributed by atoms with Gasteiger partial charge < -0.3 is 20.5 Å². The first-order valence-corrected chi connectivity index (χ1v) is 11.6. The van der Waals surface area contributed by atoms with Crippen LogP contribution < -0.4 is 15.6 Å². The molecule has 2 amide bonds. The normalized spacial score (nSPS) is 24.5. The molecule has 1 spiro atoms. The minimum atomic E-state index is -0.800. The molecule has 11 heteroatoms. The summed E-state index contributed by atoms with van der Waals surface area (Å²) >= 11 is 0. The van der Waals surface area contributed by atoms with Gasteiger partial charge in [-0.1, -0.05) is 22.9 Å². The van der Waals surface area contributed by atoms with E-state index >= 15 is 0 Å². The molecule has 2 aliphatic carbocycles. The number of nitrogens with zero attached hydrogens (tertiary/aromatic N) is 4. The number of hydrogen-bond donors (Lipinski definition) is 4. The summed E-state index contributed by atoms with van der Waals surface area (Å²) in [6.07, 6.45) is 7.87. The Morgan fingerprint density at radius 2 is 2.11 bits per heavy atom. The molecule has 0 aliphatic heterocycles. The lowest BCUT2D eigenvalue weighted by Crippen LogP contribution is -2.86. The van der Waals surface area contributed by atoms with Crippen molar-refractivity contribution in [3.8, 4) is 0 Å². The first kappa shape index (κ1) is 26.0. The van der Waals surface area contributed by atoms with Crippen LogP contribution in [-0.2, 0) is 14.3 Å². The molecule has 1 saturated carbocycles. The van der Waals surface area contributed by atoms with Crippen LogP contribution in [0.25, 0.3) is 0 Å². The van der Waals surface area contributed by atoms with E-state index in [-0.39, 0.29) is 17.5 Å². The zero-order valence-corrected chi connectivity index (χ0v) is 20.8. The van der Waals surface area contributed by atoms with Crippen molar-refractivity contribution in [2.45, 2.75) is 71.1 Å². The summed E-state index contributed by atoms with van der Waals surface area (Å²) in [6, 6.07) is 2.68. The van der Waals surface area contributed by atoms with Gasteiger partial charge in [0.25, 0.3) is 0 Å². The van der Waals surface area contributed by atoms with Crippen molar-refractivity contribution >= 4 is 29.9 Å². The molecule has 1 aromatic rings. The van der Waals surface area contributed by atoms with E-state index in [4.69, 9.17) is 4.74 Å².